The predicted molar refractivity (Wildman–Crippen MR) is 198 cm³/mol. The van der Waals surface area contributed by atoms with Gasteiger partial charge in [0.05, 0.1) is 64.2 Å². The highest BCUT2D eigenvalue weighted by atomic mass is 16.6. The molecule has 1 saturated heterocycles. The number of esters is 2. The number of rotatable bonds is 15. The summed E-state index contributed by atoms with van der Waals surface area (Å²) in [4.78, 5) is 47.3. The molecule has 0 bridgehead atoms. The third kappa shape index (κ3) is 7.32. The number of aromatic nitrogens is 1. The number of aromatic amines is 1. The van der Waals surface area contributed by atoms with Gasteiger partial charge in [0.15, 0.2) is 17.3 Å². The first-order valence-corrected chi connectivity index (χ1v) is 18.8. The number of hydrogen-bond donors (Lipinski definition) is 1. The Morgan fingerprint density at radius 3 is 2.23 bits per heavy atom. The SMILES string of the molecule is CCCCCCCC(=O)c1c(OC)ccc2c3c([nH]c12)[C@H]1C[C@H]2[C@H](C[C@@H](OC(=O)c4cc(OC)c(OC)c(OC)c4)[C@H](OC)[C@H]2C(=O)OC)CN1CC3. The van der Waals surface area contributed by atoms with Crippen LogP contribution in [0.1, 0.15) is 96.3 Å². The Morgan fingerprint density at radius 2 is 1.58 bits per heavy atom. The van der Waals surface area contributed by atoms with Gasteiger partial charge in [0.2, 0.25) is 5.75 Å². The average Bonchev–Trinajstić information content (AvgIpc) is 3.57. The van der Waals surface area contributed by atoms with E-state index in [2.05, 4.69) is 22.9 Å². The van der Waals surface area contributed by atoms with E-state index in [1.54, 1.807) is 26.4 Å². The van der Waals surface area contributed by atoms with Gasteiger partial charge >= 0.3 is 11.9 Å². The van der Waals surface area contributed by atoms with Crippen molar-refractivity contribution in [2.24, 2.45) is 17.8 Å². The molecule has 0 unspecified atom stereocenters. The van der Waals surface area contributed by atoms with Gasteiger partial charge in [-0.05, 0) is 67.3 Å². The zero-order valence-electron chi connectivity index (χ0n) is 32.1. The molecule has 3 aromatic rings. The van der Waals surface area contributed by atoms with Crippen LogP contribution >= 0.6 is 0 Å². The Hall–Kier alpha value is -4.29. The highest BCUT2D eigenvalue weighted by molar-refractivity contribution is 6.10. The standard InChI is InChI=1S/C41H54N2O10/c1-8-9-10-11-12-13-29(44)35-30(47-2)15-14-25-26-16-17-43-22-24-20-33(53-40(45)23-18-31(48-3)38(50-5)32(19-23)49-4)39(51-6)34(41(46)52-7)27(24)21-28(43)36(26)42-37(25)35/h14-15,18-19,24,27-28,33-34,39,42H,8-13,16-17,20-22H2,1-7H3/t24-,27+,28-,33-,34+,39+/m1/s1. The summed E-state index contributed by atoms with van der Waals surface area (Å²) < 4.78 is 39.6. The largest absolute Gasteiger partial charge is 0.496 e. The van der Waals surface area contributed by atoms with Crippen LogP contribution in [0.3, 0.4) is 0 Å². The normalized spacial score (nSPS) is 23.7. The molecule has 0 amide bonds. The van der Waals surface area contributed by atoms with Gasteiger partial charge < -0.3 is 38.1 Å². The minimum Gasteiger partial charge on any atom is -0.496 e. The topological polar surface area (TPSA) is 135 Å². The maximum Gasteiger partial charge on any atom is 0.338 e. The van der Waals surface area contributed by atoms with Crippen molar-refractivity contribution in [1.29, 1.82) is 0 Å². The van der Waals surface area contributed by atoms with Crippen LogP contribution in [0.5, 0.6) is 23.0 Å². The highest BCUT2D eigenvalue weighted by Crippen LogP contribution is 2.51. The first-order chi connectivity index (χ1) is 25.7. The number of carbonyl (C=O) groups excluding carboxylic acids is 3. The Labute approximate surface area is 311 Å². The summed E-state index contributed by atoms with van der Waals surface area (Å²) in [6, 6.07) is 7.08. The van der Waals surface area contributed by atoms with E-state index in [1.807, 2.05) is 6.07 Å². The number of Topliss-reactive ketones (excluding diaryl/α,β-unsaturated/α-hetero) is 1. The van der Waals surface area contributed by atoms with E-state index in [4.69, 9.17) is 33.2 Å². The molecule has 2 aliphatic heterocycles. The number of nitrogens with one attached hydrogen (secondary N) is 1. The lowest BCUT2D eigenvalue weighted by atomic mass is 9.63. The number of benzene rings is 2. The summed E-state index contributed by atoms with van der Waals surface area (Å²) in [5, 5.41) is 1.05. The molecule has 1 aromatic heterocycles. The Bertz CT molecular complexity index is 1780. The van der Waals surface area contributed by atoms with Crippen LogP contribution in [-0.4, -0.2) is 95.6 Å². The monoisotopic (exact) mass is 734 g/mol. The number of ketones is 1. The van der Waals surface area contributed by atoms with E-state index in [-0.39, 0.29) is 29.2 Å². The number of nitrogens with zero attached hydrogens (tertiary/aromatic N) is 1. The molecule has 6 atom stereocenters. The minimum atomic E-state index is -0.724. The fourth-order valence-corrected chi connectivity index (χ4v) is 9.16. The van der Waals surface area contributed by atoms with Gasteiger partial charge in [-0.15, -0.1) is 0 Å². The molecule has 2 aromatic carbocycles. The fraction of sp³-hybridized carbons (Fsp3) is 0.585. The number of methoxy groups -OCH3 is 6. The third-order valence-corrected chi connectivity index (χ3v) is 11.7. The molecule has 6 rings (SSSR count). The molecular weight excluding hydrogens is 680 g/mol. The Kier molecular flexibility index (Phi) is 12.2. The number of fused-ring (bicyclic) bond motifs is 6. The van der Waals surface area contributed by atoms with Crippen molar-refractivity contribution >= 4 is 28.6 Å². The number of unbranched alkanes of at least 4 members (excludes halogenated alkanes) is 4. The average molecular weight is 735 g/mol. The summed E-state index contributed by atoms with van der Waals surface area (Å²) in [5.74, 6) is 0.00102. The van der Waals surface area contributed by atoms with E-state index in [9.17, 15) is 14.4 Å². The van der Waals surface area contributed by atoms with Crippen molar-refractivity contribution in [3.63, 3.8) is 0 Å². The fourth-order valence-electron chi connectivity index (χ4n) is 9.16. The molecule has 12 heteroatoms. The molecule has 1 aliphatic carbocycles. The number of ether oxygens (including phenoxy) is 7. The van der Waals surface area contributed by atoms with Crippen molar-refractivity contribution in [2.45, 2.75) is 83.0 Å². The number of piperidine rings is 1. The van der Waals surface area contributed by atoms with Gasteiger partial charge in [0.25, 0.3) is 0 Å². The van der Waals surface area contributed by atoms with Crippen LogP contribution in [0, 0.1) is 17.8 Å². The molecule has 12 nitrogen and oxygen atoms in total. The second kappa shape index (κ2) is 16.8. The first-order valence-electron chi connectivity index (χ1n) is 18.8. The van der Waals surface area contributed by atoms with Gasteiger partial charge in [0.1, 0.15) is 18.0 Å². The molecule has 0 radical (unpaired) electrons. The summed E-state index contributed by atoms with van der Waals surface area (Å²) in [5.41, 5.74) is 3.98. The molecule has 288 valence electrons. The molecule has 3 aliphatic rings. The number of carbonyl (C=O) groups is 3. The van der Waals surface area contributed by atoms with Crippen LogP contribution in [0.2, 0.25) is 0 Å². The van der Waals surface area contributed by atoms with Gasteiger partial charge in [-0.2, -0.15) is 0 Å². The summed E-state index contributed by atoms with van der Waals surface area (Å²) in [6.45, 7) is 3.72. The van der Waals surface area contributed by atoms with Crippen LogP contribution in [0.4, 0.5) is 0 Å². The van der Waals surface area contributed by atoms with E-state index < -0.39 is 30.1 Å². The molecule has 3 heterocycles. The van der Waals surface area contributed by atoms with Crippen LogP contribution < -0.4 is 18.9 Å². The third-order valence-electron chi connectivity index (χ3n) is 11.7. The quantitative estimate of drug-likeness (QED) is 0.101. The van der Waals surface area contributed by atoms with Crippen molar-refractivity contribution in [2.75, 3.05) is 55.7 Å². The van der Waals surface area contributed by atoms with Crippen LogP contribution in [0.25, 0.3) is 10.9 Å². The maximum absolute atomic E-state index is 13.7. The smallest absolute Gasteiger partial charge is 0.338 e. The molecule has 1 saturated carbocycles. The molecular formula is C41H54N2O10. The van der Waals surface area contributed by atoms with Crippen molar-refractivity contribution in [3.05, 3.63) is 46.6 Å². The zero-order chi connectivity index (χ0) is 37.8. The predicted octanol–water partition coefficient (Wildman–Crippen LogP) is 6.71. The lowest BCUT2D eigenvalue weighted by molar-refractivity contribution is -0.176. The molecule has 2 fully saturated rings. The van der Waals surface area contributed by atoms with Gasteiger partial charge in [-0.1, -0.05) is 32.6 Å². The second-order valence-corrected chi connectivity index (χ2v) is 14.4. The van der Waals surface area contributed by atoms with Crippen LogP contribution in [0.15, 0.2) is 24.3 Å². The summed E-state index contributed by atoms with van der Waals surface area (Å²) >= 11 is 0. The highest BCUT2D eigenvalue weighted by Gasteiger charge is 2.54. The molecule has 53 heavy (non-hydrogen) atoms. The molecule has 0 spiro atoms. The number of hydrogen-bond acceptors (Lipinski definition) is 11. The van der Waals surface area contributed by atoms with E-state index in [1.165, 1.54) is 40.4 Å². The van der Waals surface area contributed by atoms with E-state index >= 15 is 0 Å². The second-order valence-electron chi connectivity index (χ2n) is 14.4. The summed E-state index contributed by atoms with van der Waals surface area (Å²) in [7, 11) is 9.01. The Morgan fingerprint density at radius 1 is 0.868 bits per heavy atom. The van der Waals surface area contributed by atoms with Crippen molar-refractivity contribution < 1.29 is 47.5 Å². The van der Waals surface area contributed by atoms with Gasteiger partial charge in [-0.3, -0.25) is 14.5 Å². The van der Waals surface area contributed by atoms with Crippen molar-refractivity contribution in [1.82, 2.24) is 9.88 Å². The minimum absolute atomic E-state index is 0.00150. The van der Waals surface area contributed by atoms with Crippen LogP contribution in [-0.2, 0) is 25.4 Å². The number of H-pyrrole nitrogens is 1. The van der Waals surface area contributed by atoms with E-state index in [0.717, 1.165) is 55.2 Å². The van der Waals surface area contributed by atoms with Gasteiger partial charge in [0, 0.05) is 37.7 Å². The maximum atomic E-state index is 13.7. The Balaban J connectivity index is 1.28. The lowest BCUT2D eigenvalue weighted by Gasteiger charge is -2.52. The zero-order valence-corrected chi connectivity index (χ0v) is 32.1. The van der Waals surface area contributed by atoms with Gasteiger partial charge in [-0.25, -0.2) is 4.79 Å². The van der Waals surface area contributed by atoms with Crippen molar-refractivity contribution in [3.8, 4) is 23.0 Å². The first kappa shape index (κ1) is 38.4. The van der Waals surface area contributed by atoms with E-state index in [0.29, 0.717) is 54.4 Å². The molecule has 1 N–H and O–H groups in total. The lowest BCUT2D eigenvalue weighted by Crippen LogP contribution is -2.58. The summed E-state index contributed by atoms with van der Waals surface area (Å²) in [6.07, 6.45) is 6.43.